The van der Waals surface area contributed by atoms with Crippen molar-refractivity contribution in [2.75, 3.05) is 13.1 Å². The Kier molecular flexibility index (Phi) is 10.1. The number of nitrogens with zero attached hydrogens (tertiary/aromatic N) is 4. The molecule has 0 unspecified atom stereocenters. The molecule has 2 aromatic rings. The van der Waals surface area contributed by atoms with Gasteiger partial charge < -0.3 is 0 Å². The predicted molar refractivity (Wildman–Crippen MR) is 148 cm³/mol. The summed E-state index contributed by atoms with van der Waals surface area (Å²) in [5.41, 5.74) is 5.35. The molecule has 0 fully saturated rings. The van der Waals surface area contributed by atoms with Crippen LogP contribution in [0.2, 0.25) is 0 Å². The number of allylic oxidation sites excluding steroid dienone is 5. The van der Waals surface area contributed by atoms with E-state index in [0.29, 0.717) is 0 Å². The second kappa shape index (κ2) is 13.8. The summed E-state index contributed by atoms with van der Waals surface area (Å²) in [5, 5.41) is 2.07. The first-order chi connectivity index (χ1) is 16.8. The molecule has 1 aromatic carbocycles. The van der Waals surface area contributed by atoms with E-state index in [2.05, 4.69) is 48.4 Å². The maximum atomic E-state index is 4.83. The van der Waals surface area contributed by atoms with Gasteiger partial charge in [0.2, 0.25) is 0 Å². The molecule has 0 saturated heterocycles. The molecule has 0 N–H and O–H groups in total. The van der Waals surface area contributed by atoms with E-state index in [9.17, 15) is 0 Å². The Morgan fingerprint density at radius 3 is 2.62 bits per heavy atom. The first-order valence-electron chi connectivity index (χ1n) is 12.0. The van der Waals surface area contributed by atoms with E-state index >= 15 is 0 Å². The normalized spacial score (nSPS) is 15.4. The molecule has 3 rings (SSSR count). The van der Waals surface area contributed by atoms with Crippen LogP contribution in [-0.4, -0.2) is 37.2 Å². The fourth-order valence-corrected chi connectivity index (χ4v) is 4.01. The summed E-state index contributed by atoms with van der Waals surface area (Å²) in [6.45, 7) is 11.5. The lowest BCUT2D eigenvalue weighted by Gasteiger charge is -2.04. The average Bonchev–Trinajstić information content (AvgIpc) is 3.16. The lowest BCUT2D eigenvalue weighted by atomic mass is 10.0. The van der Waals surface area contributed by atoms with E-state index in [1.54, 1.807) is 6.20 Å². The molecule has 1 aliphatic carbocycles. The van der Waals surface area contributed by atoms with E-state index in [0.717, 1.165) is 64.3 Å². The van der Waals surface area contributed by atoms with Crippen LogP contribution >= 0.6 is 0 Å². The molecule has 0 saturated carbocycles. The van der Waals surface area contributed by atoms with Gasteiger partial charge in [-0.05, 0) is 67.3 Å². The highest BCUT2D eigenvalue weighted by Crippen LogP contribution is 2.38. The lowest BCUT2D eigenvalue weighted by Crippen LogP contribution is -2.26. The van der Waals surface area contributed by atoms with E-state index in [1.807, 2.05) is 55.0 Å². The number of fused-ring (bicyclic) bond motifs is 1. The molecule has 4 heteroatoms. The fourth-order valence-electron chi connectivity index (χ4n) is 4.01. The van der Waals surface area contributed by atoms with E-state index in [1.165, 1.54) is 19.3 Å². The van der Waals surface area contributed by atoms with Gasteiger partial charge in [-0.1, -0.05) is 61.9 Å². The van der Waals surface area contributed by atoms with Gasteiger partial charge in [-0.25, -0.2) is 0 Å². The number of hydrogen-bond donors (Lipinski definition) is 0. The summed E-state index contributed by atoms with van der Waals surface area (Å²) in [5.74, 6) is 0. The van der Waals surface area contributed by atoms with Crippen LogP contribution in [0.1, 0.15) is 50.3 Å². The maximum absolute atomic E-state index is 4.83. The predicted octanol–water partition coefficient (Wildman–Crippen LogP) is 5.34. The third kappa shape index (κ3) is 6.67. The molecular formula is C30H34N4. The summed E-state index contributed by atoms with van der Waals surface area (Å²) >= 11 is 0. The molecule has 1 aliphatic rings. The Bertz CT molecular complexity index is 1230. The SMILES string of the molecule is C=N/C=C/C=C\C1=C(C=NCCCCCCC=NCC)C(=c2/ccccc2=C)/c2ncccc21. The van der Waals surface area contributed by atoms with E-state index < -0.39 is 0 Å². The Hall–Kier alpha value is -3.66. The monoisotopic (exact) mass is 450 g/mol. The second-order valence-corrected chi connectivity index (χ2v) is 8.06. The Morgan fingerprint density at radius 2 is 1.79 bits per heavy atom. The standard InChI is InChI=1S/C30H34N4/c1-4-32-20-11-6-5-7-12-21-33-23-28-26(17-10-13-19-31-3)27-18-14-22-34-30(27)29(28)25-16-9-8-15-24(25)2/h8-10,13-20,22-23H,2-7,11-12,21H2,1H3/b17-10-,19-13+,29-25+,32-20?,33-23?. The summed E-state index contributed by atoms with van der Waals surface area (Å²) < 4.78 is 0. The number of unbranched alkanes of at least 4 members (excludes halogenated alkanes) is 4. The first kappa shape index (κ1) is 25.0. The van der Waals surface area contributed by atoms with Crippen LogP contribution in [0, 0.1) is 0 Å². The molecule has 0 amide bonds. The zero-order chi connectivity index (χ0) is 24.0. The molecule has 1 aromatic heterocycles. The van der Waals surface area contributed by atoms with Crippen molar-refractivity contribution in [1.82, 2.24) is 4.98 Å². The van der Waals surface area contributed by atoms with Crippen LogP contribution in [-0.2, 0) is 0 Å². The van der Waals surface area contributed by atoms with Gasteiger partial charge in [0, 0.05) is 48.4 Å². The molecule has 0 radical (unpaired) electrons. The number of pyridine rings is 1. The molecule has 0 atom stereocenters. The van der Waals surface area contributed by atoms with Gasteiger partial charge in [0.15, 0.2) is 0 Å². The van der Waals surface area contributed by atoms with E-state index in [4.69, 9.17) is 9.98 Å². The van der Waals surface area contributed by atoms with Crippen LogP contribution in [0.4, 0.5) is 0 Å². The zero-order valence-electron chi connectivity index (χ0n) is 20.2. The minimum atomic E-state index is 0.812. The molecule has 4 nitrogen and oxygen atoms in total. The van der Waals surface area contributed by atoms with Gasteiger partial charge in [0.05, 0.1) is 5.69 Å². The van der Waals surface area contributed by atoms with Crippen LogP contribution < -0.4 is 10.4 Å². The molecule has 0 bridgehead atoms. The Morgan fingerprint density at radius 1 is 0.941 bits per heavy atom. The van der Waals surface area contributed by atoms with Crippen molar-refractivity contribution >= 4 is 36.9 Å². The third-order valence-electron chi connectivity index (χ3n) is 5.65. The summed E-state index contributed by atoms with van der Waals surface area (Å²) in [6.07, 6.45) is 19.3. The topological polar surface area (TPSA) is 50.0 Å². The molecule has 34 heavy (non-hydrogen) atoms. The van der Waals surface area contributed by atoms with Crippen LogP contribution in [0.25, 0.3) is 17.7 Å². The largest absolute Gasteiger partial charge is 0.298 e. The quantitative estimate of drug-likeness (QED) is 0.245. The van der Waals surface area contributed by atoms with Crippen molar-refractivity contribution in [3.05, 3.63) is 94.3 Å². The van der Waals surface area contributed by atoms with Crippen LogP contribution in [0.5, 0.6) is 0 Å². The van der Waals surface area contributed by atoms with Crippen molar-refractivity contribution in [2.24, 2.45) is 15.0 Å². The molecule has 0 spiro atoms. The number of aromatic nitrogens is 1. The van der Waals surface area contributed by atoms with Gasteiger partial charge in [-0.2, -0.15) is 0 Å². The number of hydrogen-bond acceptors (Lipinski definition) is 4. The first-order valence-corrected chi connectivity index (χ1v) is 12.0. The Labute approximate surface area is 203 Å². The summed E-state index contributed by atoms with van der Waals surface area (Å²) in [6, 6.07) is 12.3. The minimum absolute atomic E-state index is 0.812. The number of benzene rings is 1. The van der Waals surface area contributed by atoms with Gasteiger partial charge >= 0.3 is 0 Å². The van der Waals surface area contributed by atoms with Crippen molar-refractivity contribution < 1.29 is 0 Å². The van der Waals surface area contributed by atoms with Crippen molar-refractivity contribution in [3.8, 4) is 0 Å². The zero-order valence-corrected chi connectivity index (χ0v) is 20.2. The fraction of sp³-hybridized carbons (Fsp3) is 0.267. The van der Waals surface area contributed by atoms with Gasteiger partial charge in [-0.3, -0.25) is 20.0 Å². The van der Waals surface area contributed by atoms with Crippen LogP contribution in [0.3, 0.4) is 0 Å². The van der Waals surface area contributed by atoms with Crippen molar-refractivity contribution in [2.45, 2.75) is 39.0 Å². The summed E-state index contributed by atoms with van der Waals surface area (Å²) in [7, 11) is 0. The molecule has 174 valence electrons. The second-order valence-electron chi connectivity index (χ2n) is 8.06. The molecular weight excluding hydrogens is 416 g/mol. The smallest absolute Gasteiger partial charge is 0.0793 e. The highest BCUT2D eigenvalue weighted by Gasteiger charge is 2.25. The Balaban J connectivity index is 1.88. The van der Waals surface area contributed by atoms with Crippen molar-refractivity contribution in [3.63, 3.8) is 0 Å². The molecule has 0 aliphatic heterocycles. The minimum Gasteiger partial charge on any atom is -0.298 e. The van der Waals surface area contributed by atoms with Gasteiger partial charge in [0.1, 0.15) is 0 Å². The van der Waals surface area contributed by atoms with Gasteiger partial charge in [0.25, 0.3) is 0 Å². The third-order valence-corrected chi connectivity index (χ3v) is 5.65. The lowest BCUT2D eigenvalue weighted by molar-refractivity contribution is 0.662. The highest BCUT2D eigenvalue weighted by molar-refractivity contribution is 6.15. The van der Waals surface area contributed by atoms with E-state index in [-0.39, 0.29) is 0 Å². The number of rotatable bonds is 12. The maximum Gasteiger partial charge on any atom is 0.0793 e. The number of aliphatic imine (C=N–C) groups is 3. The average molecular weight is 451 g/mol. The van der Waals surface area contributed by atoms with Gasteiger partial charge in [-0.15, -0.1) is 0 Å². The summed E-state index contributed by atoms with van der Waals surface area (Å²) in [4.78, 5) is 17.6. The van der Waals surface area contributed by atoms with Crippen molar-refractivity contribution in [1.29, 1.82) is 0 Å². The highest BCUT2D eigenvalue weighted by atomic mass is 14.7. The van der Waals surface area contributed by atoms with Crippen LogP contribution in [0.15, 0.2) is 87.6 Å². The molecule has 1 heterocycles.